The van der Waals surface area contributed by atoms with E-state index in [2.05, 4.69) is 0 Å². The van der Waals surface area contributed by atoms with Gasteiger partial charge in [-0.3, -0.25) is 0 Å². The topological polar surface area (TPSA) is 77.4 Å². The third kappa shape index (κ3) is 20.1. The van der Waals surface area contributed by atoms with E-state index in [4.69, 9.17) is 5.11 Å². The van der Waals surface area contributed by atoms with Gasteiger partial charge in [-0.15, -0.1) is 0 Å². The zero-order chi connectivity index (χ0) is 18.3. The minimum absolute atomic E-state index is 0. The second kappa shape index (κ2) is 18.9. The Labute approximate surface area is 199 Å². The van der Waals surface area contributed by atoms with Crippen molar-refractivity contribution in [3.8, 4) is 0 Å². The number of hydrogen-bond donors (Lipinski definition) is 1. The van der Waals surface area contributed by atoms with E-state index in [-0.39, 0.29) is 57.5 Å². The van der Waals surface area contributed by atoms with Crippen LogP contribution in [0.3, 0.4) is 0 Å². The van der Waals surface area contributed by atoms with Crippen molar-refractivity contribution in [1.82, 2.24) is 0 Å². The van der Waals surface area contributed by atoms with Crippen LogP contribution in [0.15, 0.2) is 0 Å². The van der Waals surface area contributed by atoms with Gasteiger partial charge in [-0.2, -0.15) is 0 Å². The van der Waals surface area contributed by atoms with Crippen molar-refractivity contribution in [2.45, 2.75) is 122 Å². The molecule has 0 amide bonds. The summed E-state index contributed by atoms with van der Waals surface area (Å²) in [4.78, 5) is 0. The molecule has 2 atom stereocenters. The third-order valence-corrected chi connectivity index (χ3v) is 5.97. The van der Waals surface area contributed by atoms with Gasteiger partial charge in [0.1, 0.15) is 0 Å². The Morgan fingerprint density at radius 2 is 1.12 bits per heavy atom. The first kappa shape index (κ1) is 28.7. The third-order valence-electron chi connectivity index (χ3n) is 4.69. The number of unbranched alkanes of at least 4 members (excludes halogenated alkanes) is 10. The summed E-state index contributed by atoms with van der Waals surface area (Å²) >= 11 is 0. The Balaban J connectivity index is 0. The Kier molecular flexibility index (Phi) is 21.7. The first-order valence-electron chi connectivity index (χ1n) is 10.0. The standard InChI is InChI=1S/C19H40O4S.K/c1-3-4-16-19(24(21,22)23)17-14-12-10-8-6-5-7-9-11-13-15-18(2)20;/h18-20H,3-17H2,1-2H3,(H,21,22,23);/q;+1/p-1. The average molecular weight is 403 g/mol. The van der Waals surface area contributed by atoms with Gasteiger partial charge in [-0.1, -0.05) is 84.0 Å². The molecule has 0 aromatic heterocycles. The van der Waals surface area contributed by atoms with Crippen LogP contribution in [0, 0.1) is 0 Å². The molecule has 0 aromatic carbocycles. The van der Waals surface area contributed by atoms with Crippen LogP contribution < -0.4 is 51.4 Å². The molecular formula is C19H39KO4S. The molecule has 4 nitrogen and oxygen atoms in total. The zero-order valence-electron chi connectivity index (χ0n) is 16.8. The van der Waals surface area contributed by atoms with Crippen LogP contribution in [0.4, 0.5) is 0 Å². The SMILES string of the molecule is CCCCC(CCCCCCCCCCCCC(C)O)S(=O)(=O)[O-].[K+]. The van der Waals surface area contributed by atoms with E-state index in [0.29, 0.717) is 12.8 Å². The smallest absolute Gasteiger partial charge is 0.748 e. The number of rotatable bonds is 17. The largest absolute Gasteiger partial charge is 1.00 e. The monoisotopic (exact) mass is 402 g/mol. The van der Waals surface area contributed by atoms with Crippen molar-refractivity contribution in [2.75, 3.05) is 0 Å². The Hall–Kier alpha value is 1.51. The summed E-state index contributed by atoms with van der Waals surface area (Å²) in [6.07, 6.45) is 15.2. The Morgan fingerprint density at radius 3 is 1.48 bits per heavy atom. The van der Waals surface area contributed by atoms with Crippen molar-refractivity contribution in [1.29, 1.82) is 0 Å². The molecule has 0 heterocycles. The minimum atomic E-state index is -4.12. The second-order valence-electron chi connectivity index (χ2n) is 7.22. The molecule has 0 saturated heterocycles. The van der Waals surface area contributed by atoms with Crippen LogP contribution in [0.2, 0.25) is 0 Å². The van der Waals surface area contributed by atoms with Gasteiger partial charge >= 0.3 is 51.4 Å². The van der Waals surface area contributed by atoms with E-state index >= 15 is 0 Å². The molecule has 0 bridgehead atoms. The maximum Gasteiger partial charge on any atom is 1.00 e. The van der Waals surface area contributed by atoms with Gasteiger partial charge in [0.15, 0.2) is 0 Å². The summed E-state index contributed by atoms with van der Waals surface area (Å²) in [5, 5.41) is 8.50. The van der Waals surface area contributed by atoms with E-state index in [0.717, 1.165) is 44.9 Å². The molecule has 0 radical (unpaired) electrons. The molecule has 0 saturated carbocycles. The second-order valence-corrected chi connectivity index (χ2v) is 8.87. The molecule has 0 aliphatic heterocycles. The first-order valence-corrected chi connectivity index (χ1v) is 11.5. The number of aliphatic hydroxyl groups excluding tert-OH is 1. The molecular weight excluding hydrogens is 363 g/mol. The minimum Gasteiger partial charge on any atom is -0.748 e. The molecule has 0 aliphatic carbocycles. The first-order chi connectivity index (χ1) is 11.4. The molecule has 0 aromatic rings. The normalized spacial score (nSPS) is 14.1. The van der Waals surface area contributed by atoms with Crippen molar-refractivity contribution >= 4 is 10.1 Å². The summed E-state index contributed by atoms with van der Waals surface area (Å²) in [5.41, 5.74) is 0. The van der Waals surface area contributed by atoms with Gasteiger partial charge in [-0.05, 0) is 26.2 Å². The summed E-state index contributed by atoms with van der Waals surface area (Å²) in [7, 11) is -4.12. The maximum atomic E-state index is 11.2. The van der Waals surface area contributed by atoms with Crippen molar-refractivity contribution < 1.29 is 69.5 Å². The van der Waals surface area contributed by atoms with Gasteiger partial charge in [0, 0.05) is 5.25 Å². The maximum absolute atomic E-state index is 11.2. The Morgan fingerprint density at radius 1 is 0.760 bits per heavy atom. The predicted octanol–water partition coefficient (Wildman–Crippen LogP) is 2.16. The van der Waals surface area contributed by atoms with Crippen molar-refractivity contribution in [3.05, 3.63) is 0 Å². The van der Waals surface area contributed by atoms with Crippen LogP contribution in [-0.2, 0) is 10.1 Å². The van der Waals surface area contributed by atoms with E-state index in [9.17, 15) is 13.0 Å². The summed E-state index contributed by atoms with van der Waals surface area (Å²) < 4.78 is 33.7. The van der Waals surface area contributed by atoms with Gasteiger partial charge in [0.05, 0.1) is 16.2 Å². The summed E-state index contributed by atoms with van der Waals surface area (Å²) in [6.45, 7) is 3.86. The van der Waals surface area contributed by atoms with E-state index in [1.165, 1.54) is 38.5 Å². The van der Waals surface area contributed by atoms with Crippen LogP contribution >= 0.6 is 0 Å². The van der Waals surface area contributed by atoms with Crippen LogP contribution in [0.5, 0.6) is 0 Å². The van der Waals surface area contributed by atoms with Crippen molar-refractivity contribution in [3.63, 3.8) is 0 Å². The number of hydrogen-bond acceptors (Lipinski definition) is 4. The fourth-order valence-corrected chi connectivity index (χ4v) is 4.00. The van der Waals surface area contributed by atoms with Crippen LogP contribution in [-0.4, -0.2) is 29.4 Å². The molecule has 146 valence electrons. The molecule has 25 heavy (non-hydrogen) atoms. The zero-order valence-corrected chi connectivity index (χ0v) is 20.8. The Bertz CT molecular complexity index is 372. The van der Waals surface area contributed by atoms with Crippen LogP contribution in [0.1, 0.15) is 110 Å². The van der Waals surface area contributed by atoms with Gasteiger partial charge < -0.3 is 9.66 Å². The predicted molar refractivity (Wildman–Crippen MR) is 100 cm³/mol. The molecule has 0 aliphatic rings. The molecule has 0 rings (SSSR count). The molecule has 2 unspecified atom stereocenters. The molecule has 6 heteroatoms. The average Bonchev–Trinajstić information content (AvgIpc) is 2.49. The van der Waals surface area contributed by atoms with Crippen molar-refractivity contribution in [2.24, 2.45) is 0 Å². The van der Waals surface area contributed by atoms with Crippen LogP contribution in [0.25, 0.3) is 0 Å². The quantitative estimate of drug-likeness (QED) is 0.230. The van der Waals surface area contributed by atoms with Gasteiger partial charge in [0.2, 0.25) is 0 Å². The fourth-order valence-electron chi connectivity index (χ4n) is 3.09. The van der Waals surface area contributed by atoms with Gasteiger partial charge in [0.25, 0.3) is 0 Å². The van der Waals surface area contributed by atoms with Gasteiger partial charge in [-0.25, -0.2) is 8.42 Å². The molecule has 0 spiro atoms. The van der Waals surface area contributed by atoms with E-state index in [1.807, 2.05) is 13.8 Å². The van der Waals surface area contributed by atoms with E-state index < -0.39 is 15.4 Å². The summed E-state index contributed by atoms with van der Waals surface area (Å²) in [5.74, 6) is 0. The summed E-state index contributed by atoms with van der Waals surface area (Å²) in [6, 6.07) is 0. The fraction of sp³-hybridized carbons (Fsp3) is 1.00. The van der Waals surface area contributed by atoms with E-state index in [1.54, 1.807) is 0 Å². The molecule has 1 N–H and O–H groups in total. The molecule has 0 fully saturated rings. The number of aliphatic hydroxyl groups is 1.